The Kier molecular flexibility index (Phi) is 6.08. The molecular weight excluding hydrogens is 400 g/mol. The Morgan fingerprint density at radius 2 is 1.81 bits per heavy atom. The number of carbonyl (C=O) groups is 2. The molecule has 31 heavy (non-hydrogen) atoms. The topological polar surface area (TPSA) is 86.3 Å². The number of rotatable bonds is 9. The number of fused-ring (bicyclic) bond motifs is 1. The molecule has 0 atom stereocenters. The van der Waals surface area contributed by atoms with E-state index in [-0.39, 0.29) is 30.8 Å². The number of nitrogens with one attached hydrogen (secondary N) is 1. The largest absolute Gasteiger partial charge is 0.497 e. The molecule has 2 aromatic rings. The molecule has 2 amide bonds. The van der Waals surface area contributed by atoms with Gasteiger partial charge in [0.1, 0.15) is 11.4 Å². The summed E-state index contributed by atoms with van der Waals surface area (Å²) >= 11 is 0. The fraction of sp³-hybridized carbons (Fsp3) is 0.304. The molecule has 162 valence electrons. The third kappa shape index (κ3) is 4.20. The molecule has 0 aliphatic carbocycles. The number of hydrogen-bond donors (Lipinski definition) is 1. The standard InChI is InChI=1S/C23H24N2O6/c1-3-29-12-4-11-25-22(26)20(15-5-8-17(28-2)9-6-15)21(23(25)27)24-16-7-10-18-19(13-16)31-14-30-18/h5-10,13,24H,3-4,11-12,14H2,1-2H3. The highest BCUT2D eigenvalue weighted by Crippen LogP contribution is 2.36. The number of methoxy groups -OCH3 is 1. The zero-order valence-corrected chi connectivity index (χ0v) is 17.5. The van der Waals surface area contributed by atoms with E-state index in [1.54, 1.807) is 49.6 Å². The van der Waals surface area contributed by atoms with Gasteiger partial charge in [0.15, 0.2) is 11.5 Å². The highest BCUT2D eigenvalue weighted by molar-refractivity contribution is 6.36. The summed E-state index contributed by atoms with van der Waals surface area (Å²) in [5, 5.41) is 3.13. The summed E-state index contributed by atoms with van der Waals surface area (Å²) < 4.78 is 21.3. The number of imide groups is 1. The van der Waals surface area contributed by atoms with Crippen LogP contribution in [0.5, 0.6) is 17.2 Å². The molecule has 0 saturated heterocycles. The number of nitrogens with zero attached hydrogens (tertiary/aromatic N) is 1. The average Bonchev–Trinajstić information content (AvgIpc) is 3.34. The summed E-state index contributed by atoms with van der Waals surface area (Å²) in [6.45, 7) is 3.42. The number of ether oxygens (including phenoxy) is 4. The van der Waals surface area contributed by atoms with Crippen molar-refractivity contribution in [2.45, 2.75) is 13.3 Å². The highest BCUT2D eigenvalue weighted by atomic mass is 16.7. The van der Waals surface area contributed by atoms with Gasteiger partial charge in [-0.25, -0.2) is 0 Å². The molecule has 0 spiro atoms. The molecular formula is C23H24N2O6. The lowest BCUT2D eigenvalue weighted by molar-refractivity contribution is -0.137. The molecule has 2 aliphatic heterocycles. The summed E-state index contributed by atoms with van der Waals surface area (Å²) in [6, 6.07) is 12.3. The van der Waals surface area contributed by atoms with E-state index < -0.39 is 0 Å². The molecule has 8 heteroatoms. The monoisotopic (exact) mass is 424 g/mol. The van der Waals surface area contributed by atoms with Crippen LogP contribution in [0.2, 0.25) is 0 Å². The van der Waals surface area contributed by atoms with E-state index in [2.05, 4.69) is 5.32 Å². The normalized spacial score (nSPS) is 15.1. The first-order valence-corrected chi connectivity index (χ1v) is 10.1. The van der Waals surface area contributed by atoms with Crippen molar-refractivity contribution in [1.29, 1.82) is 0 Å². The van der Waals surface area contributed by atoms with Gasteiger partial charge >= 0.3 is 0 Å². The minimum atomic E-state index is -0.370. The Bertz CT molecular complexity index is 1020. The highest BCUT2D eigenvalue weighted by Gasteiger charge is 2.39. The van der Waals surface area contributed by atoms with Gasteiger partial charge in [-0.05, 0) is 43.2 Å². The predicted molar refractivity (Wildman–Crippen MR) is 114 cm³/mol. The maximum atomic E-state index is 13.2. The molecule has 8 nitrogen and oxygen atoms in total. The van der Waals surface area contributed by atoms with E-state index in [1.165, 1.54) is 4.90 Å². The van der Waals surface area contributed by atoms with Crippen LogP contribution in [-0.4, -0.2) is 50.4 Å². The second-order valence-corrected chi connectivity index (χ2v) is 6.98. The Labute approximate surface area is 180 Å². The lowest BCUT2D eigenvalue weighted by Gasteiger charge is -2.15. The van der Waals surface area contributed by atoms with Crippen LogP contribution in [0.25, 0.3) is 5.57 Å². The predicted octanol–water partition coefficient (Wildman–Crippen LogP) is 3.04. The van der Waals surface area contributed by atoms with E-state index in [0.717, 1.165) is 0 Å². The number of anilines is 1. The first-order chi connectivity index (χ1) is 15.1. The second kappa shape index (κ2) is 9.09. The van der Waals surface area contributed by atoms with Crippen molar-refractivity contribution in [3.63, 3.8) is 0 Å². The van der Waals surface area contributed by atoms with E-state index >= 15 is 0 Å². The van der Waals surface area contributed by atoms with Crippen LogP contribution < -0.4 is 19.5 Å². The second-order valence-electron chi connectivity index (χ2n) is 6.98. The molecule has 0 unspecified atom stereocenters. The average molecular weight is 424 g/mol. The van der Waals surface area contributed by atoms with Crippen LogP contribution in [0.15, 0.2) is 48.2 Å². The van der Waals surface area contributed by atoms with Gasteiger partial charge in [0.25, 0.3) is 11.8 Å². The third-order valence-electron chi connectivity index (χ3n) is 5.06. The van der Waals surface area contributed by atoms with Crippen LogP contribution in [0.1, 0.15) is 18.9 Å². The zero-order valence-electron chi connectivity index (χ0n) is 17.5. The van der Waals surface area contributed by atoms with Gasteiger partial charge in [0.05, 0.1) is 12.7 Å². The molecule has 0 bridgehead atoms. The Morgan fingerprint density at radius 1 is 1.03 bits per heavy atom. The van der Waals surface area contributed by atoms with Gasteiger partial charge in [0, 0.05) is 31.5 Å². The fourth-order valence-corrected chi connectivity index (χ4v) is 3.51. The maximum absolute atomic E-state index is 13.2. The van der Waals surface area contributed by atoms with Gasteiger partial charge in [-0.15, -0.1) is 0 Å². The van der Waals surface area contributed by atoms with Crippen molar-refractivity contribution in [1.82, 2.24) is 4.90 Å². The molecule has 0 saturated carbocycles. The molecule has 0 radical (unpaired) electrons. The molecule has 2 heterocycles. The Hall–Kier alpha value is -3.52. The molecule has 1 N–H and O–H groups in total. The van der Waals surface area contributed by atoms with E-state index in [4.69, 9.17) is 18.9 Å². The minimum absolute atomic E-state index is 0.156. The van der Waals surface area contributed by atoms with Gasteiger partial charge in [-0.3, -0.25) is 14.5 Å². The molecule has 2 aliphatic rings. The van der Waals surface area contributed by atoms with E-state index in [1.807, 2.05) is 6.92 Å². The van der Waals surface area contributed by atoms with E-state index in [9.17, 15) is 9.59 Å². The SMILES string of the molecule is CCOCCCN1C(=O)C(Nc2ccc3c(c2)OCO3)=C(c2ccc(OC)cc2)C1=O. The molecule has 0 aromatic heterocycles. The number of amides is 2. The van der Waals surface area contributed by atoms with Crippen LogP contribution in [0.4, 0.5) is 5.69 Å². The van der Waals surface area contributed by atoms with Crippen LogP contribution in [-0.2, 0) is 14.3 Å². The van der Waals surface area contributed by atoms with Gasteiger partial charge in [-0.2, -0.15) is 0 Å². The first kappa shape index (κ1) is 20.7. The van der Waals surface area contributed by atoms with Crippen molar-refractivity contribution < 1.29 is 28.5 Å². The fourth-order valence-electron chi connectivity index (χ4n) is 3.51. The van der Waals surface area contributed by atoms with E-state index in [0.29, 0.717) is 53.7 Å². The van der Waals surface area contributed by atoms with Crippen molar-refractivity contribution in [2.24, 2.45) is 0 Å². The van der Waals surface area contributed by atoms with Gasteiger partial charge in [-0.1, -0.05) is 12.1 Å². The Morgan fingerprint density at radius 3 is 2.55 bits per heavy atom. The zero-order chi connectivity index (χ0) is 21.8. The third-order valence-corrected chi connectivity index (χ3v) is 5.06. The van der Waals surface area contributed by atoms with Crippen molar-refractivity contribution in [3.05, 3.63) is 53.7 Å². The first-order valence-electron chi connectivity index (χ1n) is 10.1. The van der Waals surface area contributed by atoms with Crippen LogP contribution >= 0.6 is 0 Å². The number of carbonyl (C=O) groups excluding carboxylic acids is 2. The summed E-state index contributed by atoms with van der Waals surface area (Å²) in [4.78, 5) is 27.7. The lowest BCUT2D eigenvalue weighted by Crippen LogP contribution is -2.34. The Balaban J connectivity index is 1.65. The molecule has 2 aromatic carbocycles. The van der Waals surface area contributed by atoms with Crippen molar-refractivity contribution in [3.8, 4) is 17.2 Å². The maximum Gasteiger partial charge on any atom is 0.278 e. The molecule has 4 rings (SSSR count). The summed E-state index contributed by atoms with van der Waals surface area (Å²) in [7, 11) is 1.57. The number of hydrogen-bond acceptors (Lipinski definition) is 7. The summed E-state index contributed by atoms with van der Waals surface area (Å²) in [5.74, 6) is 1.18. The lowest BCUT2D eigenvalue weighted by atomic mass is 10.0. The quantitative estimate of drug-likeness (QED) is 0.489. The van der Waals surface area contributed by atoms with Gasteiger partial charge < -0.3 is 24.3 Å². The minimum Gasteiger partial charge on any atom is -0.497 e. The smallest absolute Gasteiger partial charge is 0.278 e. The van der Waals surface area contributed by atoms with Crippen molar-refractivity contribution >= 4 is 23.1 Å². The summed E-state index contributed by atoms with van der Waals surface area (Å²) in [6.07, 6.45) is 0.568. The van der Waals surface area contributed by atoms with Crippen molar-refractivity contribution in [2.75, 3.05) is 39.0 Å². The van der Waals surface area contributed by atoms with Crippen LogP contribution in [0.3, 0.4) is 0 Å². The molecule has 0 fully saturated rings. The summed E-state index contributed by atoms with van der Waals surface area (Å²) in [5.41, 5.74) is 1.81. The van der Waals surface area contributed by atoms with Gasteiger partial charge in [0.2, 0.25) is 6.79 Å². The number of benzene rings is 2. The van der Waals surface area contributed by atoms with Crippen LogP contribution in [0, 0.1) is 0 Å².